The number of cyclic esters (lactones) is 1. The predicted molar refractivity (Wildman–Crippen MR) is 120 cm³/mol. The van der Waals surface area contributed by atoms with Gasteiger partial charge in [-0.15, -0.1) is 0 Å². The van der Waals surface area contributed by atoms with E-state index in [4.69, 9.17) is 14.2 Å². The fourth-order valence-electron chi connectivity index (χ4n) is 3.90. The Bertz CT molecular complexity index is 1110. The number of anilines is 1. The Morgan fingerprint density at radius 3 is 2.48 bits per heavy atom. The molecule has 1 atom stereocenters. The highest BCUT2D eigenvalue weighted by atomic mass is 16.5. The van der Waals surface area contributed by atoms with Gasteiger partial charge in [0, 0.05) is 5.56 Å². The maximum atomic E-state index is 13.0. The lowest BCUT2D eigenvalue weighted by Crippen LogP contribution is -2.49. The molecule has 2 aromatic carbocycles. The average Bonchev–Trinajstić information content (AvgIpc) is 3.19. The molecule has 0 bridgehead atoms. The summed E-state index contributed by atoms with van der Waals surface area (Å²) < 4.78 is 16.5. The van der Waals surface area contributed by atoms with E-state index in [0.717, 1.165) is 0 Å². The first-order chi connectivity index (χ1) is 16.0. The molecule has 172 valence electrons. The number of carbonyl (C=O) groups excluding carboxylic acids is 3. The molecule has 9 nitrogen and oxygen atoms in total. The first kappa shape index (κ1) is 22.2. The first-order valence-corrected chi connectivity index (χ1v) is 10.7. The van der Waals surface area contributed by atoms with Crippen LogP contribution in [0.4, 0.5) is 10.5 Å². The molecule has 2 aliphatic rings. The van der Waals surface area contributed by atoms with Crippen LogP contribution in [0.25, 0.3) is 0 Å². The quantitative estimate of drug-likeness (QED) is 0.598. The van der Waals surface area contributed by atoms with Gasteiger partial charge in [0.25, 0.3) is 0 Å². The van der Waals surface area contributed by atoms with Crippen molar-refractivity contribution < 1.29 is 28.6 Å². The van der Waals surface area contributed by atoms with Gasteiger partial charge in [0.2, 0.25) is 5.91 Å². The molecule has 0 fully saturated rings. The zero-order valence-corrected chi connectivity index (χ0v) is 18.4. The largest absolute Gasteiger partial charge is 0.494 e. The molecular weight excluding hydrogens is 426 g/mol. The fraction of sp³-hybridized carbons (Fsp3) is 0.292. The highest BCUT2D eigenvalue weighted by Gasteiger charge is 2.43. The Morgan fingerprint density at radius 1 is 1.06 bits per heavy atom. The first-order valence-electron chi connectivity index (χ1n) is 10.7. The Morgan fingerprint density at radius 2 is 1.73 bits per heavy atom. The van der Waals surface area contributed by atoms with E-state index in [1.807, 2.05) is 19.9 Å². The number of rotatable bonds is 8. The van der Waals surface area contributed by atoms with Crippen LogP contribution in [0.1, 0.15) is 25.5 Å². The van der Waals surface area contributed by atoms with Gasteiger partial charge in [-0.2, -0.15) is 0 Å². The number of benzene rings is 2. The highest BCUT2D eigenvalue weighted by Crippen LogP contribution is 2.38. The molecule has 33 heavy (non-hydrogen) atoms. The zero-order valence-electron chi connectivity index (χ0n) is 18.4. The molecule has 2 heterocycles. The third-order valence-corrected chi connectivity index (χ3v) is 5.29. The van der Waals surface area contributed by atoms with Crippen molar-refractivity contribution in [3.63, 3.8) is 0 Å². The van der Waals surface area contributed by atoms with E-state index in [9.17, 15) is 14.4 Å². The molecule has 2 N–H and O–H groups in total. The molecule has 0 saturated heterocycles. The normalized spacial score (nSPS) is 17.3. The minimum atomic E-state index is -0.733. The summed E-state index contributed by atoms with van der Waals surface area (Å²) in [6.07, 6.45) is 0. The molecule has 4 rings (SSSR count). The van der Waals surface area contributed by atoms with Crippen molar-refractivity contribution in [3.8, 4) is 11.5 Å². The van der Waals surface area contributed by atoms with E-state index < -0.39 is 23.9 Å². The van der Waals surface area contributed by atoms with E-state index in [1.54, 1.807) is 42.5 Å². The second kappa shape index (κ2) is 9.64. The standard InChI is InChI=1S/C24H25N3O6/c1-3-31-18-11-7-5-9-15(18)22-21-17(14-33-23(21)29)27(24(30)26-22)13-20(28)25-16-10-6-8-12-19(16)32-4-2/h5-12,22H,3-4,13-14H2,1-2H3,(H,25,28)(H,26,30). The van der Waals surface area contributed by atoms with Crippen LogP contribution in [0, 0.1) is 0 Å². The third-order valence-electron chi connectivity index (χ3n) is 5.29. The minimum Gasteiger partial charge on any atom is -0.494 e. The number of nitrogens with one attached hydrogen (secondary N) is 2. The van der Waals surface area contributed by atoms with E-state index in [-0.39, 0.29) is 13.2 Å². The summed E-state index contributed by atoms with van der Waals surface area (Å²) in [4.78, 5) is 39.6. The number of hydrogen-bond donors (Lipinski definition) is 2. The van der Waals surface area contributed by atoms with Crippen molar-refractivity contribution in [1.82, 2.24) is 10.2 Å². The lowest BCUT2D eigenvalue weighted by molar-refractivity contribution is -0.136. The van der Waals surface area contributed by atoms with Crippen LogP contribution in [-0.4, -0.2) is 49.2 Å². The number of ether oxygens (including phenoxy) is 3. The van der Waals surface area contributed by atoms with Crippen LogP contribution in [0.15, 0.2) is 59.8 Å². The fourth-order valence-corrected chi connectivity index (χ4v) is 3.90. The lowest BCUT2D eigenvalue weighted by atomic mass is 9.95. The van der Waals surface area contributed by atoms with Crippen molar-refractivity contribution in [2.45, 2.75) is 19.9 Å². The second-order valence-corrected chi connectivity index (χ2v) is 7.35. The summed E-state index contributed by atoms with van der Waals surface area (Å²) in [5, 5.41) is 5.60. The molecule has 1 unspecified atom stereocenters. The van der Waals surface area contributed by atoms with Gasteiger partial charge in [0.05, 0.1) is 36.2 Å². The second-order valence-electron chi connectivity index (χ2n) is 7.35. The summed E-state index contributed by atoms with van der Waals surface area (Å²) in [7, 11) is 0. The summed E-state index contributed by atoms with van der Waals surface area (Å²) in [6, 6.07) is 13.0. The van der Waals surface area contributed by atoms with E-state index >= 15 is 0 Å². The number of esters is 1. The Labute approximate surface area is 191 Å². The Hall–Kier alpha value is -4.01. The van der Waals surface area contributed by atoms with Crippen LogP contribution in [0.5, 0.6) is 11.5 Å². The molecular formula is C24H25N3O6. The van der Waals surface area contributed by atoms with Crippen molar-refractivity contribution >= 4 is 23.6 Å². The SMILES string of the molecule is CCOc1ccccc1NC(=O)CN1C(=O)NC(c2ccccc2OCC)C2=C1COC2=O. The van der Waals surface area contributed by atoms with E-state index in [1.165, 1.54) is 4.90 Å². The minimum absolute atomic E-state index is 0.0856. The molecule has 0 spiro atoms. The third kappa shape index (κ3) is 4.48. The molecule has 0 aliphatic carbocycles. The van der Waals surface area contributed by atoms with Crippen LogP contribution >= 0.6 is 0 Å². The van der Waals surface area contributed by atoms with Gasteiger partial charge in [-0.1, -0.05) is 30.3 Å². The van der Waals surface area contributed by atoms with Crippen LogP contribution in [0.2, 0.25) is 0 Å². The Balaban J connectivity index is 1.60. The van der Waals surface area contributed by atoms with Gasteiger partial charge in [0.15, 0.2) is 0 Å². The van der Waals surface area contributed by atoms with Gasteiger partial charge in [-0.3, -0.25) is 9.69 Å². The van der Waals surface area contributed by atoms with Crippen molar-refractivity contribution in [2.24, 2.45) is 0 Å². The van der Waals surface area contributed by atoms with Crippen molar-refractivity contribution in [2.75, 3.05) is 31.7 Å². The number of amides is 3. The van der Waals surface area contributed by atoms with Crippen LogP contribution in [0.3, 0.4) is 0 Å². The maximum absolute atomic E-state index is 13.0. The molecule has 0 aromatic heterocycles. The van der Waals surface area contributed by atoms with Crippen LogP contribution in [-0.2, 0) is 14.3 Å². The van der Waals surface area contributed by atoms with Gasteiger partial charge in [-0.05, 0) is 32.0 Å². The van der Waals surface area contributed by atoms with Gasteiger partial charge < -0.3 is 24.8 Å². The van der Waals surface area contributed by atoms with Gasteiger partial charge in [-0.25, -0.2) is 9.59 Å². The smallest absolute Gasteiger partial charge is 0.338 e. The predicted octanol–water partition coefficient (Wildman–Crippen LogP) is 3.00. The zero-order chi connectivity index (χ0) is 23.4. The Kier molecular flexibility index (Phi) is 6.48. The number of hydrogen-bond acceptors (Lipinski definition) is 6. The number of urea groups is 1. The molecule has 0 saturated carbocycles. The van der Waals surface area contributed by atoms with Gasteiger partial charge in [0.1, 0.15) is 24.7 Å². The monoisotopic (exact) mass is 451 g/mol. The summed E-state index contributed by atoms with van der Waals surface area (Å²) in [6.45, 7) is 4.21. The summed E-state index contributed by atoms with van der Waals surface area (Å²) >= 11 is 0. The number of carbonyl (C=O) groups is 3. The topological polar surface area (TPSA) is 106 Å². The molecule has 2 aromatic rings. The maximum Gasteiger partial charge on any atom is 0.338 e. The van der Waals surface area contributed by atoms with E-state index in [0.29, 0.717) is 47.2 Å². The van der Waals surface area contributed by atoms with Gasteiger partial charge >= 0.3 is 12.0 Å². The summed E-state index contributed by atoms with van der Waals surface area (Å²) in [5.74, 6) is 0.129. The molecule has 0 radical (unpaired) electrons. The lowest BCUT2D eigenvalue weighted by Gasteiger charge is -2.33. The number of nitrogens with zero attached hydrogens (tertiary/aromatic N) is 1. The van der Waals surface area contributed by atoms with Crippen molar-refractivity contribution in [3.05, 3.63) is 65.4 Å². The molecule has 3 amide bonds. The molecule has 9 heteroatoms. The highest BCUT2D eigenvalue weighted by molar-refractivity contribution is 6.00. The molecule has 2 aliphatic heterocycles. The van der Waals surface area contributed by atoms with Crippen LogP contribution < -0.4 is 20.1 Å². The number of para-hydroxylation sites is 3. The average molecular weight is 451 g/mol. The van der Waals surface area contributed by atoms with Crippen molar-refractivity contribution in [1.29, 1.82) is 0 Å². The summed E-state index contributed by atoms with van der Waals surface area (Å²) in [5.41, 5.74) is 1.81. The van der Waals surface area contributed by atoms with E-state index in [2.05, 4.69) is 10.6 Å².